The van der Waals surface area contributed by atoms with E-state index in [-0.39, 0.29) is 5.91 Å². The molecule has 0 aromatic heterocycles. The highest BCUT2D eigenvalue weighted by atomic mass is 32.2. The number of thioether (sulfide) groups is 1. The van der Waals surface area contributed by atoms with E-state index in [1.54, 1.807) is 11.8 Å². The summed E-state index contributed by atoms with van der Waals surface area (Å²) >= 11 is 1.59. The molecule has 3 nitrogen and oxygen atoms in total. The summed E-state index contributed by atoms with van der Waals surface area (Å²) in [7, 11) is 0. The third kappa shape index (κ3) is 3.66. The highest BCUT2D eigenvalue weighted by Gasteiger charge is 2.22. The number of piperidine rings is 1. The molecule has 4 heteroatoms. The first kappa shape index (κ1) is 14.3. The molecule has 1 aromatic rings. The molecule has 1 amide bonds. The van der Waals surface area contributed by atoms with Gasteiger partial charge in [0.25, 0.3) is 0 Å². The van der Waals surface area contributed by atoms with Gasteiger partial charge in [-0.3, -0.25) is 4.79 Å². The first-order chi connectivity index (χ1) is 9.08. The lowest BCUT2D eigenvalue weighted by atomic mass is 10.0. The molecule has 1 aliphatic rings. The SMILES string of the molecule is Cc1ccc(N)cc1SCC(=O)N1CCCCC1C. The summed E-state index contributed by atoms with van der Waals surface area (Å²) in [4.78, 5) is 15.4. The lowest BCUT2D eigenvalue weighted by Crippen LogP contribution is -2.42. The molecule has 1 aromatic carbocycles. The fourth-order valence-electron chi connectivity index (χ4n) is 2.46. The van der Waals surface area contributed by atoms with Crippen LogP contribution in [0.4, 0.5) is 5.69 Å². The van der Waals surface area contributed by atoms with E-state index in [2.05, 4.69) is 13.8 Å². The maximum Gasteiger partial charge on any atom is 0.233 e. The summed E-state index contributed by atoms with van der Waals surface area (Å²) in [5.74, 6) is 0.758. The minimum absolute atomic E-state index is 0.249. The standard InChI is InChI=1S/C15H22N2OS/c1-11-6-7-13(16)9-14(11)19-10-15(18)17-8-4-3-5-12(17)2/h6-7,9,12H,3-5,8,10,16H2,1-2H3. The molecule has 19 heavy (non-hydrogen) atoms. The number of amides is 1. The number of carbonyl (C=O) groups is 1. The van der Waals surface area contributed by atoms with Gasteiger partial charge in [-0.2, -0.15) is 0 Å². The van der Waals surface area contributed by atoms with Gasteiger partial charge in [0.15, 0.2) is 0 Å². The molecule has 1 aliphatic heterocycles. The first-order valence-electron chi connectivity index (χ1n) is 6.86. The Morgan fingerprint density at radius 3 is 3.00 bits per heavy atom. The van der Waals surface area contributed by atoms with E-state index in [4.69, 9.17) is 5.73 Å². The molecule has 1 saturated heterocycles. The number of rotatable bonds is 3. The van der Waals surface area contributed by atoms with Gasteiger partial charge in [-0.05, 0) is 50.8 Å². The van der Waals surface area contributed by atoms with Crippen LogP contribution in [-0.2, 0) is 4.79 Å². The summed E-state index contributed by atoms with van der Waals surface area (Å²) in [6.07, 6.45) is 3.51. The lowest BCUT2D eigenvalue weighted by Gasteiger charge is -2.33. The molecule has 1 unspecified atom stereocenters. The average molecular weight is 278 g/mol. The molecule has 2 N–H and O–H groups in total. The van der Waals surface area contributed by atoms with E-state index in [0.717, 1.165) is 30.0 Å². The number of anilines is 1. The van der Waals surface area contributed by atoms with E-state index in [0.29, 0.717) is 11.8 Å². The number of nitrogen functional groups attached to an aromatic ring is 1. The molecular weight excluding hydrogens is 256 g/mol. The van der Waals surface area contributed by atoms with E-state index >= 15 is 0 Å². The zero-order chi connectivity index (χ0) is 13.8. The van der Waals surface area contributed by atoms with Crippen LogP contribution in [0.3, 0.4) is 0 Å². The van der Waals surface area contributed by atoms with Crippen molar-refractivity contribution in [2.24, 2.45) is 0 Å². The van der Waals surface area contributed by atoms with E-state index in [9.17, 15) is 4.79 Å². The van der Waals surface area contributed by atoms with Crippen molar-refractivity contribution in [1.29, 1.82) is 0 Å². The molecule has 0 spiro atoms. The van der Waals surface area contributed by atoms with Crippen LogP contribution in [0.2, 0.25) is 0 Å². The number of benzene rings is 1. The summed E-state index contributed by atoms with van der Waals surface area (Å²) in [6.45, 7) is 5.11. The Labute approximate surface area is 119 Å². The molecule has 0 radical (unpaired) electrons. The summed E-state index contributed by atoms with van der Waals surface area (Å²) in [6, 6.07) is 6.25. The van der Waals surface area contributed by atoms with Crippen molar-refractivity contribution >= 4 is 23.4 Å². The number of hydrogen-bond donors (Lipinski definition) is 1. The molecule has 2 rings (SSSR count). The zero-order valence-corrected chi connectivity index (χ0v) is 12.5. The largest absolute Gasteiger partial charge is 0.399 e. The number of carbonyl (C=O) groups excluding carboxylic acids is 1. The van der Waals surface area contributed by atoms with Gasteiger partial charge < -0.3 is 10.6 Å². The predicted molar refractivity (Wildman–Crippen MR) is 81.3 cm³/mol. The number of nitrogens with two attached hydrogens (primary N) is 1. The molecule has 1 heterocycles. The minimum Gasteiger partial charge on any atom is -0.399 e. The van der Waals surface area contributed by atoms with Crippen molar-refractivity contribution in [3.8, 4) is 0 Å². The van der Waals surface area contributed by atoms with E-state index in [1.165, 1.54) is 12.0 Å². The van der Waals surface area contributed by atoms with Crippen LogP contribution in [0.25, 0.3) is 0 Å². The normalized spacial score (nSPS) is 19.5. The summed E-state index contributed by atoms with van der Waals surface area (Å²) < 4.78 is 0. The van der Waals surface area contributed by atoms with Crippen molar-refractivity contribution in [3.05, 3.63) is 23.8 Å². The van der Waals surface area contributed by atoms with Crippen molar-refractivity contribution in [2.75, 3.05) is 18.0 Å². The van der Waals surface area contributed by atoms with Crippen LogP contribution >= 0.6 is 11.8 Å². The third-order valence-corrected chi connectivity index (χ3v) is 4.83. The Balaban J connectivity index is 1.94. The predicted octanol–water partition coefficient (Wildman–Crippen LogP) is 3.07. The smallest absolute Gasteiger partial charge is 0.233 e. The van der Waals surface area contributed by atoms with Gasteiger partial charge in [-0.25, -0.2) is 0 Å². The quantitative estimate of drug-likeness (QED) is 0.683. The molecule has 0 bridgehead atoms. The van der Waals surface area contributed by atoms with Gasteiger partial charge in [0, 0.05) is 23.2 Å². The van der Waals surface area contributed by atoms with Crippen LogP contribution < -0.4 is 5.73 Å². The van der Waals surface area contributed by atoms with Crippen LogP contribution in [-0.4, -0.2) is 29.1 Å². The van der Waals surface area contributed by atoms with Gasteiger partial charge in [-0.15, -0.1) is 11.8 Å². The van der Waals surface area contributed by atoms with Crippen LogP contribution in [0, 0.1) is 6.92 Å². The van der Waals surface area contributed by atoms with Gasteiger partial charge in [0.2, 0.25) is 5.91 Å². The number of hydrogen-bond acceptors (Lipinski definition) is 3. The second-order valence-electron chi connectivity index (χ2n) is 5.25. The van der Waals surface area contributed by atoms with Crippen LogP contribution in [0.1, 0.15) is 31.7 Å². The number of aryl methyl sites for hydroxylation is 1. The Morgan fingerprint density at radius 1 is 1.47 bits per heavy atom. The Kier molecular flexibility index (Phi) is 4.75. The summed E-state index contributed by atoms with van der Waals surface area (Å²) in [5, 5.41) is 0. The van der Waals surface area contributed by atoms with Crippen molar-refractivity contribution < 1.29 is 4.79 Å². The Hall–Kier alpha value is -1.16. The van der Waals surface area contributed by atoms with Gasteiger partial charge in [-0.1, -0.05) is 6.07 Å². The van der Waals surface area contributed by atoms with E-state index < -0.39 is 0 Å². The molecule has 0 saturated carbocycles. The maximum atomic E-state index is 12.3. The number of likely N-dealkylation sites (tertiary alicyclic amines) is 1. The average Bonchev–Trinajstić information content (AvgIpc) is 2.40. The van der Waals surface area contributed by atoms with Crippen molar-refractivity contribution in [2.45, 2.75) is 44.0 Å². The Bertz CT molecular complexity index is 461. The van der Waals surface area contributed by atoms with Gasteiger partial charge in [0.05, 0.1) is 5.75 Å². The third-order valence-electron chi connectivity index (χ3n) is 3.69. The second-order valence-corrected chi connectivity index (χ2v) is 6.26. The topological polar surface area (TPSA) is 46.3 Å². The monoisotopic (exact) mass is 278 g/mol. The summed E-state index contributed by atoms with van der Waals surface area (Å²) in [5.41, 5.74) is 7.73. The van der Waals surface area contributed by atoms with Gasteiger partial charge in [0.1, 0.15) is 0 Å². The number of nitrogens with zero attached hydrogens (tertiary/aromatic N) is 1. The van der Waals surface area contributed by atoms with Crippen LogP contribution in [0.5, 0.6) is 0 Å². The molecule has 1 atom stereocenters. The first-order valence-corrected chi connectivity index (χ1v) is 7.85. The fraction of sp³-hybridized carbons (Fsp3) is 0.533. The lowest BCUT2D eigenvalue weighted by molar-refractivity contribution is -0.131. The van der Waals surface area contributed by atoms with Crippen molar-refractivity contribution in [3.63, 3.8) is 0 Å². The fourth-order valence-corrected chi connectivity index (χ4v) is 3.42. The molecule has 0 aliphatic carbocycles. The zero-order valence-electron chi connectivity index (χ0n) is 11.7. The van der Waals surface area contributed by atoms with Gasteiger partial charge >= 0.3 is 0 Å². The van der Waals surface area contributed by atoms with E-state index in [1.807, 2.05) is 23.1 Å². The molecular formula is C15H22N2OS. The minimum atomic E-state index is 0.249. The molecule has 1 fully saturated rings. The molecule has 104 valence electrons. The second kappa shape index (κ2) is 6.33. The Morgan fingerprint density at radius 2 is 2.26 bits per heavy atom. The van der Waals surface area contributed by atoms with Crippen LogP contribution in [0.15, 0.2) is 23.1 Å². The highest BCUT2D eigenvalue weighted by molar-refractivity contribution is 8.00. The maximum absolute atomic E-state index is 12.3. The highest BCUT2D eigenvalue weighted by Crippen LogP contribution is 2.26. The van der Waals surface area contributed by atoms with Crippen molar-refractivity contribution in [1.82, 2.24) is 4.90 Å².